The van der Waals surface area contributed by atoms with Crippen LogP contribution in [0, 0.1) is 0 Å². The van der Waals surface area contributed by atoms with E-state index in [1.165, 1.54) is 0 Å². The van der Waals surface area contributed by atoms with Gasteiger partial charge in [0.15, 0.2) is 6.04 Å². The van der Waals surface area contributed by atoms with Crippen LogP contribution in [0.15, 0.2) is 24.3 Å². The molecule has 1 saturated heterocycles. The number of amides is 1. The first-order valence-electron chi connectivity index (χ1n) is 9.58. The number of ether oxygens (including phenoxy) is 1. The number of rotatable bonds is 6. The summed E-state index contributed by atoms with van der Waals surface area (Å²) in [6.45, 7) is 4.72. The van der Waals surface area contributed by atoms with Gasteiger partial charge in [-0.05, 0) is 43.9 Å². The lowest BCUT2D eigenvalue weighted by atomic mass is 10.1. The van der Waals surface area contributed by atoms with Crippen molar-refractivity contribution in [3.05, 3.63) is 34.9 Å². The Morgan fingerprint density at radius 2 is 1.85 bits per heavy atom. The molecule has 0 radical (unpaired) electrons. The Balaban J connectivity index is 2.03. The third-order valence-corrected chi connectivity index (χ3v) is 5.53. The van der Waals surface area contributed by atoms with Crippen LogP contribution in [-0.2, 0) is 14.3 Å². The van der Waals surface area contributed by atoms with Crippen LogP contribution in [0.25, 0.3) is 0 Å². The molecule has 6 heteroatoms. The van der Waals surface area contributed by atoms with Crippen molar-refractivity contribution in [3.8, 4) is 0 Å². The Hall–Kier alpha value is -1.59. The third-order valence-electron chi connectivity index (χ3n) is 5.28. The summed E-state index contributed by atoms with van der Waals surface area (Å²) in [6, 6.07) is 6.98. The van der Waals surface area contributed by atoms with Crippen LogP contribution in [-0.4, -0.2) is 46.9 Å². The number of hydrogen-bond acceptors (Lipinski definition) is 4. The number of carbonyl (C=O) groups is 2. The minimum Gasteiger partial charge on any atom is -0.464 e. The zero-order valence-electron chi connectivity index (χ0n) is 15.5. The van der Waals surface area contributed by atoms with Gasteiger partial charge in [0.25, 0.3) is 5.91 Å². The highest BCUT2D eigenvalue weighted by molar-refractivity contribution is 6.30. The van der Waals surface area contributed by atoms with Crippen LogP contribution >= 0.6 is 11.6 Å². The fourth-order valence-electron chi connectivity index (χ4n) is 4.22. The van der Waals surface area contributed by atoms with Crippen molar-refractivity contribution in [2.45, 2.75) is 64.2 Å². The minimum atomic E-state index is -0.842. The summed E-state index contributed by atoms with van der Waals surface area (Å²) in [6.07, 6.45) is 4.87. The van der Waals surface area contributed by atoms with Gasteiger partial charge in [-0.15, -0.1) is 0 Å². The van der Waals surface area contributed by atoms with Gasteiger partial charge in [0.1, 0.15) is 6.17 Å². The molecule has 0 N–H and O–H groups in total. The van der Waals surface area contributed by atoms with E-state index >= 15 is 0 Å². The summed E-state index contributed by atoms with van der Waals surface area (Å²) in [7, 11) is 0. The molecule has 142 valence electrons. The average molecular weight is 379 g/mol. The highest BCUT2D eigenvalue weighted by Gasteiger charge is 2.53. The van der Waals surface area contributed by atoms with Gasteiger partial charge >= 0.3 is 5.97 Å². The van der Waals surface area contributed by atoms with E-state index in [2.05, 4.69) is 4.90 Å². The van der Waals surface area contributed by atoms with E-state index in [1.807, 2.05) is 36.1 Å². The molecule has 2 aliphatic rings. The number of esters is 1. The molecular formula is C20H27ClN2O3. The molecule has 0 aromatic heterocycles. The first-order valence-corrected chi connectivity index (χ1v) is 9.96. The van der Waals surface area contributed by atoms with Gasteiger partial charge in [0, 0.05) is 17.6 Å². The van der Waals surface area contributed by atoms with Gasteiger partial charge in [-0.2, -0.15) is 0 Å². The fraction of sp³-hybridized carbons (Fsp3) is 0.600. The third kappa shape index (κ3) is 3.60. The van der Waals surface area contributed by atoms with Gasteiger partial charge in [-0.25, -0.2) is 4.79 Å². The SMILES string of the molecule is CCCN1C(=O)[C@@H](C(=O)OCC)N(C2CCCC2)[C@@H]1c1ccc(Cl)cc1. The molecule has 1 aliphatic heterocycles. The summed E-state index contributed by atoms with van der Waals surface area (Å²) in [5, 5.41) is 0.662. The number of nitrogens with zero attached hydrogens (tertiary/aromatic N) is 2. The molecule has 1 amide bonds. The first kappa shape index (κ1) is 19.2. The van der Waals surface area contributed by atoms with Gasteiger partial charge in [0.2, 0.25) is 0 Å². The maximum Gasteiger partial charge on any atom is 0.333 e. The molecule has 3 rings (SSSR count). The van der Waals surface area contributed by atoms with Crippen LogP contribution in [0.3, 0.4) is 0 Å². The molecule has 5 nitrogen and oxygen atoms in total. The second-order valence-corrected chi connectivity index (χ2v) is 7.43. The first-order chi connectivity index (χ1) is 12.6. The molecule has 2 fully saturated rings. The summed E-state index contributed by atoms with van der Waals surface area (Å²) < 4.78 is 5.27. The maximum absolute atomic E-state index is 13.2. The standard InChI is InChI=1S/C20H27ClN2O3/c1-3-13-22-18(14-9-11-15(21)12-10-14)23(16-7-5-6-8-16)17(19(22)24)20(25)26-4-2/h9-12,16-18H,3-8,13H2,1-2H3/t17-,18+/m0/s1. The van der Waals surface area contributed by atoms with E-state index < -0.39 is 12.0 Å². The number of carbonyl (C=O) groups excluding carboxylic acids is 2. The lowest BCUT2D eigenvalue weighted by molar-refractivity contribution is -0.152. The molecule has 2 atom stereocenters. The summed E-state index contributed by atoms with van der Waals surface area (Å²) in [4.78, 5) is 29.8. The fourth-order valence-corrected chi connectivity index (χ4v) is 4.35. The molecule has 1 aliphatic carbocycles. The quantitative estimate of drug-likeness (QED) is 0.558. The highest BCUT2D eigenvalue weighted by atomic mass is 35.5. The van der Waals surface area contributed by atoms with Crippen molar-refractivity contribution in [2.24, 2.45) is 0 Å². The summed E-state index contributed by atoms with van der Waals surface area (Å²) >= 11 is 6.06. The Bertz CT molecular complexity index is 643. The van der Waals surface area contributed by atoms with E-state index in [0.29, 0.717) is 11.6 Å². The highest BCUT2D eigenvalue weighted by Crippen LogP contribution is 2.41. The maximum atomic E-state index is 13.2. The Morgan fingerprint density at radius 3 is 2.42 bits per heavy atom. The second kappa shape index (κ2) is 8.40. The van der Waals surface area contributed by atoms with Crippen LogP contribution in [0.5, 0.6) is 0 Å². The van der Waals surface area contributed by atoms with E-state index in [1.54, 1.807) is 6.92 Å². The smallest absolute Gasteiger partial charge is 0.333 e. The van der Waals surface area contributed by atoms with Crippen molar-refractivity contribution in [2.75, 3.05) is 13.2 Å². The van der Waals surface area contributed by atoms with Crippen molar-refractivity contribution >= 4 is 23.5 Å². The van der Waals surface area contributed by atoms with Crippen molar-refractivity contribution in [1.29, 1.82) is 0 Å². The predicted molar refractivity (Wildman–Crippen MR) is 101 cm³/mol. The molecular weight excluding hydrogens is 352 g/mol. The zero-order valence-corrected chi connectivity index (χ0v) is 16.2. The Kier molecular flexibility index (Phi) is 6.20. The van der Waals surface area contributed by atoms with Gasteiger partial charge in [-0.1, -0.05) is 43.5 Å². The second-order valence-electron chi connectivity index (χ2n) is 7.00. The Morgan fingerprint density at radius 1 is 1.19 bits per heavy atom. The molecule has 0 bridgehead atoms. The van der Waals surface area contributed by atoms with Crippen LogP contribution in [0.2, 0.25) is 5.02 Å². The van der Waals surface area contributed by atoms with Gasteiger partial charge in [-0.3, -0.25) is 9.69 Å². The van der Waals surface area contributed by atoms with Crippen LogP contribution in [0.1, 0.15) is 57.7 Å². The van der Waals surface area contributed by atoms with Crippen molar-refractivity contribution in [3.63, 3.8) is 0 Å². The largest absolute Gasteiger partial charge is 0.464 e. The van der Waals surface area contributed by atoms with E-state index in [4.69, 9.17) is 16.3 Å². The summed E-state index contributed by atoms with van der Waals surface area (Å²) in [5.41, 5.74) is 0.995. The number of benzene rings is 1. The predicted octanol–water partition coefficient (Wildman–Crippen LogP) is 3.77. The van der Waals surface area contributed by atoms with E-state index in [0.717, 1.165) is 37.7 Å². The van der Waals surface area contributed by atoms with Crippen LogP contribution < -0.4 is 0 Å². The van der Waals surface area contributed by atoms with Crippen LogP contribution in [0.4, 0.5) is 0 Å². The zero-order chi connectivity index (χ0) is 18.7. The molecule has 26 heavy (non-hydrogen) atoms. The normalized spacial score (nSPS) is 24.4. The van der Waals surface area contributed by atoms with E-state index in [-0.39, 0.29) is 24.7 Å². The molecule has 1 aromatic carbocycles. The minimum absolute atomic E-state index is 0.142. The number of halogens is 1. The molecule has 1 saturated carbocycles. The monoisotopic (exact) mass is 378 g/mol. The molecule has 0 unspecified atom stereocenters. The lowest BCUT2D eigenvalue weighted by Gasteiger charge is -2.35. The summed E-state index contributed by atoms with van der Waals surface area (Å²) in [5.74, 6) is -0.570. The Labute approximate surface area is 160 Å². The van der Waals surface area contributed by atoms with Crippen molar-refractivity contribution in [1.82, 2.24) is 9.80 Å². The van der Waals surface area contributed by atoms with E-state index in [9.17, 15) is 9.59 Å². The van der Waals surface area contributed by atoms with Crippen molar-refractivity contribution < 1.29 is 14.3 Å². The van der Waals surface area contributed by atoms with Gasteiger partial charge in [0.05, 0.1) is 6.61 Å². The van der Waals surface area contributed by atoms with Gasteiger partial charge < -0.3 is 9.64 Å². The lowest BCUT2D eigenvalue weighted by Crippen LogP contribution is -2.46. The molecule has 1 aromatic rings. The average Bonchev–Trinajstić information content (AvgIpc) is 3.24. The molecule has 1 heterocycles. The molecule has 0 spiro atoms. The topological polar surface area (TPSA) is 49.9 Å². The number of hydrogen-bond donors (Lipinski definition) is 0.